The third kappa shape index (κ3) is 2.16. The number of rotatable bonds is 2. The number of aromatic nitrogens is 2. The lowest BCUT2D eigenvalue weighted by molar-refractivity contribution is 0.389. The van der Waals surface area contributed by atoms with Gasteiger partial charge in [0, 0.05) is 12.1 Å². The molecule has 1 aromatic rings. The van der Waals surface area contributed by atoms with Crippen LogP contribution in [-0.2, 0) is 12.0 Å². The molecule has 15 heavy (non-hydrogen) atoms. The molecule has 0 bridgehead atoms. The van der Waals surface area contributed by atoms with E-state index in [0.717, 1.165) is 11.3 Å². The molecule has 0 aliphatic carbocycles. The summed E-state index contributed by atoms with van der Waals surface area (Å²) >= 11 is 0. The van der Waals surface area contributed by atoms with Gasteiger partial charge in [-0.15, -0.1) is 0 Å². The number of hydrogen-bond acceptors (Lipinski definition) is 2. The van der Waals surface area contributed by atoms with Gasteiger partial charge in [0.05, 0.1) is 5.69 Å². The van der Waals surface area contributed by atoms with Crippen molar-refractivity contribution < 1.29 is 5.11 Å². The van der Waals surface area contributed by atoms with E-state index in [2.05, 4.69) is 39.7 Å². The highest BCUT2D eigenvalue weighted by Gasteiger charge is 2.28. The maximum absolute atomic E-state index is 10.1. The molecule has 1 aromatic heterocycles. The first-order chi connectivity index (χ1) is 6.79. The summed E-state index contributed by atoms with van der Waals surface area (Å²) in [7, 11) is 0. The zero-order chi connectivity index (χ0) is 11.8. The molecule has 0 spiro atoms. The van der Waals surface area contributed by atoms with Gasteiger partial charge in [-0.1, -0.05) is 34.6 Å². The van der Waals surface area contributed by atoms with Gasteiger partial charge in [-0.25, -0.2) is 4.68 Å². The van der Waals surface area contributed by atoms with Crippen LogP contribution in [0.25, 0.3) is 0 Å². The van der Waals surface area contributed by atoms with Crippen LogP contribution in [0.2, 0.25) is 0 Å². The number of hydrogen-bond donors (Lipinski definition) is 1. The molecule has 0 atom stereocenters. The van der Waals surface area contributed by atoms with Crippen molar-refractivity contribution in [2.75, 3.05) is 0 Å². The molecule has 0 fully saturated rings. The molecule has 0 saturated carbocycles. The van der Waals surface area contributed by atoms with Crippen LogP contribution in [0.15, 0.2) is 0 Å². The van der Waals surface area contributed by atoms with E-state index in [9.17, 15) is 5.11 Å². The predicted molar refractivity (Wildman–Crippen MR) is 62.4 cm³/mol. The van der Waals surface area contributed by atoms with Crippen molar-refractivity contribution in [2.45, 2.75) is 59.4 Å². The minimum absolute atomic E-state index is 0.0584. The fourth-order valence-electron chi connectivity index (χ4n) is 1.82. The molecule has 3 nitrogen and oxygen atoms in total. The van der Waals surface area contributed by atoms with E-state index >= 15 is 0 Å². The molecule has 0 aliphatic rings. The van der Waals surface area contributed by atoms with Crippen LogP contribution >= 0.6 is 0 Å². The maximum Gasteiger partial charge on any atom is 0.213 e. The quantitative estimate of drug-likeness (QED) is 0.814. The summed E-state index contributed by atoms with van der Waals surface area (Å²) in [6.07, 6.45) is 0. The Hall–Kier alpha value is -0.990. The second kappa shape index (κ2) is 3.87. The molecule has 0 aromatic carbocycles. The van der Waals surface area contributed by atoms with Crippen molar-refractivity contribution in [3.05, 3.63) is 11.3 Å². The standard InChI is InChI=1S/C12H22N2O/c1-7-14-11(15)9(12(4,5)6)10(13-14)8(2)3/h8,15H,7H2,1-6H3. The Labute approximate surface area is 92.1 Å². The van der Waals surface area contributed by atoms with Crippen LogP contribution in [0.3, 0.4) is 0 Å². The van der Waals surface area contributed by atoms with Gasteiger partial charge in [-0.05, 0) is 18.3 Å². The summed E-state index contributed by atoms with van der Waals surface area (Å²) in [4.78, 5) is 0. The highest BCUT2D eigenvalue weighted by Crippen LogP contribution is 2.36. The number of aryl methyl sites for hydroxylation is 1. The first-order valence-corrected chi connectivity index (χ1v) is 5.59. The lowest BCUT2D eigenvalue weighted by atomic mass is 9.84. The Balaban J connectivity index is 3.39. The number of nitrogens with zero attached hydrogens (tertiary/aromatic N) is 2. The van der Waals surface area contributed by atoms with Crippen LogP contribution in [-0.4, -0.2) is 14.9 Å². The largest absolute Gasteiger partial charge is 0.493 e. The van der Waals surface area contributed by atoms with Crippen LogP contribution < -0.4 is 0 Å². The van der Waals surface area contributed by atoms with E-state index in [1.54, 1.807) is 4.68 Å². The third-order valence-electron chi connectivity index (χ3n) is 2.55. The zero-order valence-electron chi connectivity index (χ0n) is 10.6. The molecule has 0 radical (unpaired) electrons. The van der Waals surface area contributed by atoms with Crippen LogP contribution in [0.1, 0.15) is 58.7 Å². The van der Waals surface area contributed by atoms with Gasteiger partial charge in [-0.3, -0.25) is 0 Å². The molecule has 1 rings (SSSR count). The van der Waals surface area contributed by atoms with Crippen molar-refractivity contribution in [1.82, 2.24) is 9.78 Å². The lowest BCUT2D eigenvalue weighted by Gasteiger charge is -2.20. The van der Waals surface area contributed by atoms with E-state index < -0.39 is 0 Å². The average molecular weight is 210 g/mol. The normalized spacial score (nSPS) is 12.5. The maximum atomic E-state index is 10.1. The van der Waals surface area contributed by atoms with E-state index in [1.165, 1.54) is 0 Å². The predicted octanol–water partition coefficient (Wildman–Crippen LogP) is 3.03. The van der Waals surface area contributed by atoms with Gasteiger partial charge in [0.2, 0.25) is 5.88 Å². The van der Waals surface area contributed by atoms with E-state index in [1.807, 2.05) is 6.92 Å². The molecule has 0 amide bonds. The second-order valence-electron chi connectivity index (χ2n) is 5.30. The van der Waals surface area contributed by atoms with Gasteiger partial charge in [0.15, 0.2) is 0 Å². The monoisotopic (exact) mass is 210 g/mol. The Bertz CT molecular complexity index is 345. The van der Waals surface area contributed by atoms with Crippen LogP contribution in [0.5, 0.6) is 5.88 Å². The molecule has 1 N–H and O–H groups in total. The minimum atomic E-state index is -0.0584. The zero-order valence-corrected chi connectivity index (χ0v) is 10.6. The van der Waals surface area contributed by atoms with Gasteiger partial charge < -0.3 is 5.11 Å². The highest BCUT2D eigenvalue weighted by atomic mass is 16.3. The smallest absolute Gasteiger partial charge is 0.213 e. The Morgan fingerprint density at radius 3 is 2.13 bits per heavy atom. The van der Waals surface area contributed by atoms with E-state index in [4.69, 9.17) is 0 Å². The molecular formula is C12H22N2O. The Kier molecular flexibility index (Phi) is 3.12. The summed E-state index contributed by atoms with van der Waals surface area (Å²) in [5, 5.41) is 14.6. The summed E-state index contributed by atoms with van der Waals surface area (Å²) < 4.78 is 1.68. The molecule has 3 heteroatoms. The van der Waals surface area contributed by atoms with Gasteiger partial charge in [0.1, 0.15) is 0 Å². The lowest BCUT2D eigenvalue weighted by Crippen LogP contribution is -2.13. The summed E-state index contributed by atoms with van der Waals surface area (Å²) in [6, 6.07) is 0. The molecular weight excluding hydrogens is 188 g/mol. The van der Waals surface area contributed by atoms with Crippen LogP contribution in [0.4, 0.5) is 0 Å². The van der Waals surface area contributed by atoms with Crippen molar-refractivity contribution >= 4 is 0 Å². The second-order valence-corrected chi connectivity index (χ2v) is 5.30. The topological polar surface area (TPSA) is 38.0 Å². The van der Waals surface area contributed by atoms with Gasteiger partial charge in [-0.2, -0.15) is 5.10 Å². The Morgan fingerprint density at radius 2 is 1.87 bits per heavy atom. The minimum Gasteiger partial charge on any atom is -0.493 e. The van der Waals surface area contributed by atoms with Crippen molar-refractivity contribution in [2.24, 2.45) is 0 Å². The first-order valence-electron chi connectivity index (χ1n) is 5.59. The fraction of sp³-hybridized carbons (Fsp3) is 0.750. The summed E-state index contributed by atoms with van der Waals surface area (Å²) in [5.41, 5.74) is 1.94. The van der Waals surface area contributed by atoms with Gasteiger partial charge >= 0.3 is 0 Å². The first kappa shape index (κ1) is 12.1. The fourth-order valence-corrected chi connectivity index (χ4v) is 1.82. The Morgan fingerprint density at radius 1 is 1.33 bits per heavy atom. The molecule has 86 valence electrons. The van der Waals surface area contributed by atoms with Crippen LogP contribution in [0, 0.1) is 0 Å². The average Bonchev–Trinajstić information content (AvgIpc) is 2.41. The molecule has 0 aliphatic heterocycles. The molecule has 1 heterocycles. The highest BCUT2D eigenvalue weighted by molar-refractivity contribution is 5.38. The van der Waals surface area contributed by atoms with E-state index in [-0.39, 0.29) is 5.41 Å². The van der Waals surface area contributed by atoms with Gasteiger partial charge in [0.25, 0.3) is 0 Å². The van der Waals surface area contributed by atoms with Crippen molar-refractivity contribution in [3.8, 4) is 5.88 Å². The summed E-state index contributed by atoms with van der Waals surface area (Å²) in [5.74, 6) is 0.673. The molecule has 0 saturated heterocycles. The van der Waals surface area contributed by atoms with E-state index in [0.29, 0.717) is 18.3 Å². The number of aromatic hydroxyl groups is 1. The van der Waals surface area contributed by atoms with Crippen molar-refractivity contribution in [1.29, 1.82) is 0 Å². The molecule has 0 unspecified atom stereocenters. The third-order valence-corrected chi connectivity index (χ3v) is 2.55. The summed E-state index contributed by atoms with van der Waals surface area (Å²) in [6.45, 7) is 13.2. The SMILES string of the molecule is CCn1nc(C(C)C)c(C(C)(C)C)c1O. The van der Waals surface area contributed by atoms with Crippen molar-refractivity contribution in [3.63, 3.8) is 0 Å².